The number of hydrogen-bond acceptors (Lipinski definition) is 6. The van der Waals surface area contributed by atoms with Crippen LogP contribution < -0.4 is 4.74 Å². The SMILES string of the molecule is CCOC(=O)c1ccc(C(=O)Cc2cc(Cl)c(Cl)cc2[N+](=O)[O-])c(OC)c1. The molecule has 0 unspecified atom stereocenters. The number of benzene rings is 2. The van der Waals surface area contributed by atoms with E-state index in [2.05, 4.69) is 0 Å². The van der Waals surface area contributed by atoms with Gasteiger partial charge in [0.05, 0.1) is 39.8 Å². The van der Waals surface area contributed by atoms with E-state index in [1.54, 1.807) is 6.92 Å². The minimum absolute atomic E-state index is 0.0240. The minimum Gasteiger partial charge on any atom is -0.496 e. The van der Waals surface area contributed by atoms with Crippen LogP contribution in [0.4, 0.5) is 5.69 Å². The van der Waals surface area contributed by atoms with Gasteiger partial charge < -0.3 is 9.47 Å². The number of methoxy groups -OCH3 is 1. The van der Waals surface area contributed by atoms with Gasteiger partial charge in [-0.05, 0) is 31.2 Å². The Morgan fingerprint density at radius 2 is 1.81 bits per heavy atom. The van der Waals surface area contributed by atoms with E-state index in [0.29, 0.717) is 0 Å². The highest BCUT2D eigenvalue weighted by atomic mass is 35.5. The summed E-state index contributed by atoms with van der Waals surface area (Å²) in [5.41, 5.74) is 0.215. The molecule has 0 bridgehead atoms. The molecule has 0 N–H and O–H groups in total. The number of halogens is 2. The van der Waals surface area contributed by atoms with Crippen molar-refractivity contribution in [1.82, 2.24) is 0 Å². The van der Waals surface area contributed by atoms with E-state index in [0.717, 1.165) is 6.07 Å². The van der Waals surface area contributed by atoms with Gasteiger partial charge in [0.1, 0.15) is 5.75 Å². The maximum atomic E-state index is 12.7. The molecule has 2 aromatic rings. The van der Waals surface area contributed by atoms with Gasteiger partial charge in [-0.15, -0.1) is 0 Å². The number of ketones is 1. The second-order valence-corrected chi connectivity index (χ2v) is 6.20. The number of carbonyl (C=O) groups is 2. The van der Waals surface area contributed by atoms with Gasteiger partial charge in [0.25, 0.3) is 5.69 Å². The molecular formula is C18H15Cl2NO6. The fourth-order valence-corrected chi connectivity index (χ4v) is 2.76. The number of ether oxygens (including phenoxy) is 2. The van der Waals surface area contributed by atoms with E-state index in [1.165, 1.54) is 31.4 Å². The van der Waals surface area contributed by atoms with Crippen LogP contribution in [0.2, 0.25) is 10.0 Å². The number of Topliss-reactive ketones (excluding diaryl/α,β-unsaturated/α-hetero) is 1. The average Bonchev–Trinajstić information content (AvgIpc) is 2.63. The molecule has 142 valence electrons. The summed E-state index contributed by atoms with van der Waals surface area (Å²) in [6.07, 6.45) is -0.289. The first-order valence-electron chi connectivity index (χ1n) is 7.79. The van der Waals surface area contributed by atoms with E-state index < -0.39 is 16.7 Å². The Labute approximate surface area is 164 Å². The van der Waals surface area contributed by atoms with Crippen LogP contribution in [0.5, 0.6) is 5.75 Å². The van der Waals surface area contributed by atoms with Crippen LogP contribution in [0.3, 0.4) is 0 Å². The highest BCUT2D eigenvalue weighted by Gasteiger charge is 2.22. The molecular weight excluding hydrogens is 397 g/mol. The molecule has 0 radical (unpaired) electrons. The molecule has 0 aliphatic rings. The van der Waals surface area contributed by atoms with Crippen LogP contribution >= 0.6 is 23.2 Å². The Balaban J connectivity index is 2.38. The Morgan fingerprint density at radius 3 is 2.41 bits per heavy atom. The molecule has 0 fully saturated rings. The molecule has 7 nitrogen and oxygen atoms in total. The van der Waals surface area contributed by atoms with Crippen LogP contribution in [0, 0.1) is 10.1 Å². The minimum atomic E-state index is -0.633. The Kier molecular flexibility index (Phi) is 6.76. The van der Waals surface area contributed by atoms with Gasteiger partial charge in [0.15, 0.2) is 5.78 Å². The third-order valence-corrected chi connectivity index (χ3v) is 4.40. The summed E-state index contributed by atoms with van der Waals surface area (Å²) in [6.45, 7) is 1.89. The molecule has 0 spiro atoms. The molecule has 0 amide bonds. The summed E-state index contributed by atoms with van der Waals surface area (Å²) in [5.74, 6) is -0.827. The van der Waals surface area contributed by atoms with E-state index >= 15 is 0 Å². The lowest BCUT2D eigenvalue weighted by atomic mass is 9.99. The molecule has 0 atom stereocenters. The monoisotopic (exact) mass is 411 g/mol. The number of rotatable bonds is 7. The van der Waals surface area contributed by atoms with Crippen molar-refractivity contribution in [3.05, 3.63) is 67.2 Å². The molecule has 9 heteroatoms. The summed E-state index contributed by atoms with van der Waals surface area (Å²) in [4.78, 5) is 35.1. The van der Waals surface area contributed by atoms with E-state index in [-0.39, 0.29) is 51.2 Å². The zero-order chi connectivity index (χ0) is 20.1. The number of esters is 1. The van der Waals surface area contributed by atoms with Crippen LogP contribution in [0.25, 0.3) is 0 Å². The summed E-state index contributed by atoms with van der Waals surface area (Å²) in [5, 5.41) is 11.4. The summed E-state index contributed by atoms with van der Waals surface area (Å²) < 4.78 is 10.1. The van der Waals surface area contributed by atoms with Crippen LogP contribution in [0.1, 0.15) is 33.2 Å². The largest absolute Gasteiger partial charge is 0.496 e. The maximum absolute atomic E-state index is 12.7. The second-order valence-electron chi connectivity index (χ2n) is 5.39. The average molecular weight is 412 g/mol. The van der Waals surface area contributed by atoms with Gasteiger partial charge in [-0.25, -0.2) is 4.79 Å². The number of nitro benzene ring substituents is 1. The van der Waals surface area contributed by atoms with Crippen molar-refractivity contribution in [1.29, 1.82) is 0 Å². The predicted octanol–water partition coefficient (Wildman–Crippen LogP) is 4.51. The van der Waals surface area contributed by atoms with E-state index in [9.17, 15) is 19.7 Å². The van der Waals surface area contributed by atoms with Gasteiger partial charge in [0, 0.05) is 18.1 Å². The standard InChI is InChI=1S/C18H15Cl2NO6/c1-3-27-18(23)10-4-5-12(17(8-10)26-2)16(22)7-11-6-13(19)14(20)9-15(11)21(24)25/h4-6,8-9H,3,7H2,1-2H3. The first-order valence-corrected chi connectivity index (χ1v) is 8.54. The lowest BCUT2D eigenvalue weighted by Gasteiger charge is -2.10. The maximum Gasteiger partial charge on any atom is 0.338 e. The van der Waals surface area contributed by atoms with Gasteiger partial charge in [0.2, 0.25) is 0 Å². The Morgan fingerprint density at radius 1 is 1.15 bits per heavy atom. The summed E-state index contributed by atoms with van der Waals surface area (Å²) in [7, 11) is 1.35. The van der Waals surface area contributed by atoms with E-state index in [1.807, 2.05) is 0 Å². The normalized spacial score (nSPS) is 10.4. The zero-order valence-electron chi connectivity index (χ0n) is 14.5. The topological polar surface area (TPSA) is 95.7 Å². The number of carbonyl (C=O) groups excluding carboxylic acids is 2. The molecule has 0 aliphatic heterocycles. The molecule has 0 heterocycles. The van der Waals surface area contributed by atoms with Crippen molar-refractivity contribution < 1.29 is 24.0 Å². The quantitative estimate of drug-likeness (QED) is 0.287. The third kappa shape index (κ3) is 4.75. The molecule has 2 rings (SSSR count). The summed E-state index contributed by atoms with van der Waals surface area (Å²) >= 11 is 11.7. The number of hydrogen-bond donors (Lipinski definition) is 0. The molecule has 27 heavy (non-hydrogen) atoms. The zero-order valence-corrected chi connectivity index (χ0v) is 16.0. The van der Waals surface area contributed by atoms with Gasteiger partial charge in [-0.2, -0.15) is 0 Å². The van der Waals surface area contributed by atoms with Crippen molar-refractivity contribution in [3.8, 4) is 5.75 Å². The fourth-order valence-electron chi connectivity index (χ4n) is 2.42. The van der Waals surface area contributed by atoms with Gasteiger partial charge >= 0.3 is 5.97 Å². The van der Waals surface area contributed by atoms with Crippen molar-refractivity contribution >= 4 is 40.6 Å². The molecule has 0 saturated heterocycles. The fraction of sp³-hybridized carbons (Fsp3) is 0.222. The van der Waals surface area contributed by atoms with Crippen molar-refractivity contribution in [2.75, 3.05) is 13.7 Å². The van der Waals surface area contributed by atoms with Crippen molar-refractivity contribution in [2.24, 2.45) is 0 Å². The van der Waals surface area contributed by atoms with E-state index in [4.69, 9.17) is 32.7 Å². The second kappa shape index (κ2) is 8.83. The third-order valence-electron chi connectivity index (χ3n) is 3.68. The predicted molar refractivity (Wildman–Crippen MR) is 100 cm³/mol. The van der Waals surface area contributed by atoms with Crippen LogP contribution in [-0.4, -0.2) is 30.4 Å². The number of nitro groups is 1. The highest BCUT2D eigenvalue weighted by Crippen LogP contribution is 2.32. The Hall–Kier alpha value is -2.64. The molecule has 2 aromatic carbocycles. The smallest absolute Gasteiger partial charge is 0.338 e. The van der Waals surface area contributed by atoms with Crippen molar-refractivity contribution in [2.45, 2.75) is 13.3 Å². The molecule has 0 saturated carbocycles. The van der Waals surface area contributed by atoms with Crippen LogP contribution in [0.15, 0.2) is 30.3 Å². The lowest BCUT2D eigenvalue weighted by Crippen LogP contribution is -2.10. The number of nitrogens with zero attached hydrogens (tertiary/aromatic N) is 1. The molecule has 0 aliphatic carbocycles. The molecule has 0 aromatic heterocycles. The van der Waals surface area contributed by atoms with Gasteiger partial charge in [-0.3, -0.25) is 14.9 Å². The first-order chi connectivity index (χ1) is 12.8. The van der Waals surface area contributed by atoms with Gasteiger partial charge in [-0.1, -0.05) is 23.2 Å². The Bertz CT molecular complexity index is 913. The van der Waals surface area contributed by atoms with Crippen LogP contribution in [-0.2, 0) is 11.2 Å². The van der Waals surface area contributed by atoms with Crippen molar-refractivity contribution in [3.63, 3.8) is 0 Å². The highest BCUT2D eigenvalue weighted by molar-refractivity contribution is 6.42. The summed E-state index contributed by atoms with van der Waals surface area (Å²) in [6, 6.07) is 6.62. The first kappa shape index (κ1) is 20.7. The lowest BCUT2D eigenvalue weighted by molar-refractivity contribution is -0.385.